The maximum Gasteiger partial charge on any atom is 0.243 e. The van der Waals surface area contributed by atoms with Crippen LogP contribution in [0, 0.1) is 11.7 Å². The van der Waals surface area contributed by atoms with E-state index in [0.29, 0.717) is 11.3 Å². The van der Waals surface area contributed by atoms with Crippen molar-refractivity contribution in [1.82, 2.24) is 25.5 Å². The predicted molar refractivity (Wildman–Crippen MR) is 146 cm³/mol. The van der Waals surface area contributed by atoms with Gasteiger partial charge in [-0.15, -0.1) is 0 Å². The van der Waals surface area contributed by atoms with Crippen LogP contribution < -0.4 is 10.6 Å². The Hall–Kier alpha value is -3.75. The van der Waals surface area contributed by atoms with E-state index in [2.05, 4.69) is 27.5 Å². The molecule has 1 saturated carbocycles. The molecule has 0 unspecified atom stereocenters. The third kappa shape index (κ3) is 6.13. The Morgan fingerprint density at radius 3 is 2.64 bits per heavy atom. The number of nitrogens with zero attached hydrogens (tertiary/aromatic N) is 2. The van der Waals surface area contributed by atoms with Crippen molar-refractivity contribution in [2.45, 2.75) is 76.4 Å². The van der Waals surface area contributed by atoms with Gasteiger partial charge in [0.25, 0.3) is 0 Å². The lowest BCUT2D eigenvalue weighted by Gasteiger charge is -2.34. The van der Waals surface area contributed by atoms with Gasteiger partial charge >= 0.3 is 0 Å². The second-order valence-electron chi connectivity index (χ2n) is 10.9. The number of likely N-dealkylation sites (tertiary alicyclic amines) is 1. The molecule has 3 aromatic rings. The van der Waals surface area contributed by atoms with Crippen molar-refractivity contribution in [1.29, 1.82) is 0 Å². The summed E-state index contributed by atoms with van der Waals surface area (Å²) in [6.45, 7) is 4.53. The average molecular weight is 534 g/mol. The topological polar surface area (TPSA) is 107 Å². The summed E-state index contributed by atoms with van der Waals surface area (Å²) in [7, 11) is 0. The standard InChI is InChI=1S/C30H36FN5O3/c1-18-9-6-7-16-36(18)26(37)15-14-25(34-29(38)22-17-21(22)20-10-4-3-5-11-20)30(39)32-19(2)28-33-24-13-8-12-23(31)27(24)35-28/h3-5,8,10-13,18-19,21-22,25H,6-7,9,14-17H2,1-2H3,(H,32,39)(H,33,35)(H,34,38)/t18-,19-,21+,22-,25-/m0/s1. The molecule has 1 aliphatic heterocycles. The zero-order valence-corrected chi connectivity index (χ0v) is 22.5. The van der Waals surface area contributed by atoms with Crippen LogP contribution in [-0.2, 0) is 14.4 Å². The van der Waals surface area contributed by atoms with Gasteiger partial charge in [0, 0.05) is 24.9 Å². The third-order valence-electron chi connectivity index (χ3n) is 8.01. The molecule has 2 aliphatic rings. The molecular weight excluding hydrogens is 497 g/mol. The number of benzene rings is 2. The summed E-state index contributed by atoms with van der Waals surface area (Å²) >= 11 is 0. The van der Waals surface area contributed by atoms with Gasteiger partial charge in [-0.2, -0.15) is 0 Å². The first-order valence-corrected chi connectivity index (χ1v) is 13.9. The Kier molecular flexibility index (Phi) is 7.95. The van der Waals surface area contributed by atoms with Crippen molar-refractivity contribution in [3.8, 4) is 0 Å². The fraction of sp³-hybridized carbons (Fsp3) is 0.467. The predicted octanol–water partition coefficient (Wildman–Crippen LogP) is 4.35. The Morgan fingerprint density at radius 1 is 1.10 bits per heavy atom. The summed E-state index contributed by atoms with van der Waals surface area (Å²) in [5, 5.41) is 5.83. The molecule has 3 N–H and O–H groups in total. The van der Waals surface area contributed by atoms with Crippen LogP contribution in [0.25, 0.3) is 11.0 Å². The van der Waals surface area contributed by atoms with Gasteiger partial charge in [-0.1, -0.05) is 36.4 Å². The number of fused-ring (bicyclic) bond motifs is 1. The fourth-order valence-corrected chi connectivity index (χ4v) is 5.58. The number of rotatable bonds is 9. The van der Waals surface area contributed by atoms with Gasteiger partial charge in [0.1, 0.15) is 17.4 Å². The number of nitrogens with one attached hydrogen (secondary N) is 3. The number of H-pyrrole nitrogens is 1. The van der Waals surface area contributed by atoms with E-state index < -0.39 is 23.8 Å². The molecule has 9 heteroatoms. The number of hydrogen-bond donors (Lipinski definition) is 3. The van der Waals surface area contributed by atoms with Gasteiger partial charge in [-0.25, -0.2) is 9.37 Å². The van der Waals surface area contributed by atoms with E-state index in [4.69, 9.17) is 0 Å². The highest BCUT2D eigenvalue weighted by atomic mass is 19.1. The largest absolute Gasteiger partial charge is 0.345 e. The fourth-order valence-electron chi connectivity index (χ4n) is 5.58. The van der Waals surface area contributed by atoms with Gasteiger partial charge in [-0.05, 0) is 69.6 Å². The van der Waals surface area contributed by atoms with E-state index in [0.717, 1.165) is 37.8 Å². The number of hydrogen-bond acceptors (Lipinski definition) is 4. The first-order valence-electron chi connectivity index (χ1n) is 13.9. The maximum absolute atomic E-state index is 14.1. The zero-order chi connectivity index (χ0) is 27.5. The molecule has 2 aromatic carbocycles. The summed E-state index contributed by atoms with van der Waals surface area (Å²) in [6.07, 6.45) is 4.16. The maximum atomic E-state index is 14.1. The Bertz CT molecular complexity index is 1340. The summed E-state index contributed by atoms with van der Waals surface area (Å²) in [5.41, 5.74) is 1.86. The number of para-hydroxylation sites is 1. The van der Waals surface area contributed by atoms with Crippen molar-refractivity contribution in [2.75, 3.05) is 6.54 Å². The van der Waals surface area contributed by atoms with E-state index in [1.54, 1.807) is 19.1 Å². The summed E-state index contributed by atoms with van der Waals surface area (Å²) < 4.78 is 14.1. The Labute approximate surface area is 227 Å². The minimum absolute atomic E-state index is 0.00337. The van der Waals surface area contributed by atoms with Crippen LogP contribution in [0.15, 0.2) is 48.5 Å². The van der Waals surface area contributed by atoms with Crippen LogP contribution in [-0.4, -0.2) is 51.2 Å². The molecule has 0 spiro atoms. The summed E-state index contributed by atoms with van der Waals surface area (Å²) in [6, 6.07) is 13.3. The molecule has 1 saturated heterocycles. The molecule has 5 rings (SSSR count). The quantitative estimate of drug-likeness (QED) is 0.380. The summed E-state index contributed by atoms with van der Waals surface area (Å²) in [5.74, 6) is -0.663. The second-order valence-corrected chi connectivity index (χ2v) is 10.9. The first kappa shape index (κ1) is 26.8. The van der Waals surface area contributed by atoms with Crippen molar-refractivity contribution in [3.63, 3.8) is 0 Å². The van der Waals surface area contributed by atoms with Crippen molar-refractivity contribution < 1.29 is 18.8 Å². The minimum atomic E-state index is -0.873. The van der Waals surface area contributed by atoms with E-state index in [9.17, 15) is 18.8 Å². The molecule has 0 radical (unpaired) electrons. The Morgan fingerprint density at radius 2 is 1.90 bits per heavy atom. The number of amides is 3. The van der Waals surface area contributed by atoms with E-state index in [-0.39, 0.29) is 48.1 Å². The van der Waals surface area contributed by atoms with Crippen LogP contribution >= 0.6 is 0 Å². The van der Waals surface area contributed by atoms with E-state index in [1.165, 1.54) is 6.07 Å². The highest BCUT2D eigenvalue weighted by molar-refractivity contribution is 5.91. The van der Waals surface area contributed by atoms with Gasteiger partial charge < -0.3 is 20.5 Å². The molecule has 8 nitrogen and oxygen atoms in total. The number of piperidine rings is 1. The lowest BCUT2D eigenvalue weighted by Crippen LogP contribution is -2.49. The first-order chi connectivity index (χ1) is 18.8. The van der Waals surface area contributed by atoms with Gasteiger partial charge in [0.05, 0.1) is 11.6 Å². The molecule has 206 valence electrons. The molecule has 3 amide bonds. The Balaban J connectivity index is 1.26. The SMILES string of the molecule is C[C@H](NC(=O)[C@H](CCC(=O)N1CCCC[C@@H]1C)NC(=O)[C@H]1C[C@@H]1c1ccccc1)c1nc2c(F)cccc2[nH]1. The molecule has 2 fully saturated rings. The number of carbonyl (C=O) groups is 3. The molecular formula is C30H36FN5O3. The third-order valence-corrected chi connectivity index (χ3v) is 8.01. The zero-order valence-electron chi connectivity index (χ0n) is 22.5. The van der Waals surface area contributed by atoms with Crippen molar-refractivity contribution in [2.24, 2.45) is 5.92 Å². The van der Waals surface area contributed by atoms with Gasteiger partial charge in [-0.3, -0.25) is 14.4 Å². The highest BCUT2D eigenvalue weighted by Crippen LogP contribution is 2.47. The van der Waals surface area contributed by atoms with E-state index >= 15 is 0 Å². The van der Waals surface area contributed by atoms with Crippen molar-refractivity contribution in [3.05, 3.63) is 65.7 Å². The molecule has 5 atom stereocenters. The van der Waals surface area contributed by atoms with Gasteiger partial charge in [0.15, 0.2) is 5.82 Å². The van der Waals surface area contributed by atoms with Crippen LogP contribution in [0.1, 0.15) is 75.7 Å². The number of aromatic amines is 1. The monoisotopic (exact) mass is 533 g/mol. The normalized spacial score (nSPS) is 22.2. The average Bonchev–Trinajstić information content (AvgIpc) is 3.62. The van der Waals surface area contributed by atoms with Crippen LogP contribution in [0.2, 0.25) is 0 Å². The minimum Gasteiger partial charge on any atom is -0.345 e. The molecule has 2 heterocycles. The van der Waals surface area contributed by atoms with Crippen LogP contribution in [0.5, 0.6) is 0 Å². The van der Waals surface area contributed by atoms with Crippen LogP contribution in [0.3, 0.4) is 0 Å². The molecule has 1 aromatic heterocycles. The summed E-state index contributed by atoms with van der Waals surface area (Å²) in [4.78, 5) is 48.9. The number of imidazole rings is 1. The lowest BCUT2D eigenvalue weighted by atomic mass is 10.0. The van der Waals surface area contributed by atoms with Crippen LogP contribution in [0.4, 0.5) is 4.39 Å². The second kappa shape index (κ2) is 11.6. The number of carbonyl (C=O) groups excluding carboxylic acids is 3. The smallest absolute Gasteiger partial charge is 0.243 e. The molecule has 39 heavy (non-hydrogen) atoms. The van der Waals surface area contributed by atoms with Crippen molar-refractivity contribution >= 4 is 28.8 Å². The highest BCUT2D eigenvalue weighted by Gasteiger charge is 2.44. The number of halogens is 1. The molecule has 1 aliphatic carbocycles. The van der Waals surface area contributed by atoms with Gasteiger partial charge in [0.2, 0.25) is 17.7 Å². The number of aromatic nitrogens is 2. The lowest BCUT2D eigenvalue weighted by molar-refractivity contribution is -0.135. The molecule has 0 bridgehead atoms. The van der Waals surface area contributed by atoms with E-state index in [1.807, 2.05) is 35.2 Å².